The maximum Gasteiger partial charge on any atom is 0.132 e. The van der Waals surface area contributed by atoms with E-state index in [2.05, 4.69) is 120 Å². The predicted molar refractivity (Wildman–Crippen MR) is 201 cm³/mol. The number of fused-ring (bicyclic) bond motifs is 8. The van der Waals surface area contributed by atoms with Gasteiger partial charge in [0.05, 0.1) is 39.6 Å². The third-order valence-electron chi connectivity index (χ3n) is 10.7. The summed E-state index contributed by atoms with van der Waals surface area (Å²) in [6.45, 7) is 2.31. The third-order valence-corrected chi connectivity index (χ3v) is 10.7. The lowest BCUT2D eigenvalue weighted by Crippen LogP contribution is -2.36. The number of nitrogens with zero attached hydrogens (tertiary/aromatic N) is 4. The van der Waals surface area contributed by atoms with Crippen LogP contribution < -0.4 is 4.74 Å². The highest BCUT2D eigenvalue weighted by Crippen LogP contribution is 2.64. The molecule has 3 aliphatic rings. The Balaban J connectivity index is 1.18. The van der Waals surface area contributed by atoms with Crippen LogP contribution in [0.4, 0.5) is 0 Å². The summed E-state index contributed by atoms with van der Waals surface area (Å²) in [5.74, 6) is 1.73. The fourth-order valence-electron chi connectivity index (χ4n) is 8.34. The number of para-hydroxylation sites is 1. The molecule has 2 atom stereocenters. The van der Waals surface area contributed by atoms with E-state index in [1.54, 1.807) is 6.20 Å². The van der Waals surface area contributed by atoms with Crippen molar-refractivity contribution >= 4 is 5.57 Å². The smallest absolute Gasteiger partial charge is 0.132 e. The summed E-state index contributed by atoms with van der Waals surface area (Å²) in [6.07, 6.45) is 9.09. The second kappa shape index (κ2) is 11.3. The van der Waals surface area contributed by atoms with Gasteiger partial charge in [0.2, 0.25) is 0 Å². The van der Waals surface area contributed by atoms with E-state index in [9.17, 15) is 0 Å². The van der Waals surface area contributed by atoms with Crippen LogP contribution in [0.25, 0.3) is 39.6 Å². The lowest BCUT2D eigenvalue weighted by Gasteiger charge is -2.43. The van der Waals surface area contributed by atoms with E-state index in [1.807, 2.05) is 54.7 Å². The molecule has 0 radical (unpaired) electrons. The molecule has 7 aromatic rings. The highest BCUT2D eigenvalue weighted by molar-refractivity contribution is 5.93. The maximum absolute atomic E-state index is 6.75. The van der Waals surface area contributed by atoms with Crippen molar-refractivity contribution in [3.8, 4) is 45.5 Å². The highest BCUT2D eigenvalue weighted by atomic mass is 16.5. The van der Waals surface area contributed by atoms with Crippen LogP contribution in [0.3, 0.4) is 0 Å². The molecule has 0 amide bonds. The molecule has 0 saturated heterocycles. The van der Waals surface area contributed by atoms with Gasteiger partial charge in [0.1, 0.15) is 11.5 Å². The maximum atomic E-state index is 6.75. The van der Waals surface area contributed by atoms with E-state index < -0.39 is 5.41 Å². The Morgan fingerprint density at radius 3 is 1.98 bits per heavy atom. The van der Waals surface area contributed by atoms with Crippen LogP contribution in [0.5, 0.6) is 11.5 Å². The molecule has 3 aromatic carbocycles. The number of ether oxygens (including phenoxy) is 1. The number of rotatable bonds is 4. The fourth-order valence-corrected chi connectivity index (χ4v) is 8.34. The topological polar surface area (TPSA) is 60.8 Å². The zero-order chi connectivity index (χ0) is 34.0. The van der Waals surface area contributed by atoms with Gasteiger partial charge < -0.3 is 4.74 Å². The van der Waals surface area contributed by atoms with E-state index in [4.69, 9.17) is 14.7 Å². The fraction of sp³-hybridized carbons (Fsp3) is 0.0870. The standard InChI is InChI=1S/C46H32N4O/c1-45(44-21-11-19-41(50-44)39-16-7-9-27-48-39)25-24-32-31-12-2-3-13-33(31)46(36(32)29-45)34-14-4-5-20-42(34)51-43-23-22-30(28-35(43)46)37-17-10-18-40(49-37)38-15-6-8-26-47-38/h2-28H,29H2,1H3. The summed E-state index contributed by atoms with van der Waals surface area (Å²) in [5.41, 5.74) is 12.8. The number of hydrogen-bond acceptors (Lipinski definition) is 5. The molecular formula is C46H32N4O. The van der Waals surface area contributed by atoms with Crippen molar-refractivity contribution < 1.29 is 4.74 Å². The van der Waals surface area contributed by atoms with Crippen LogP contribution >= 0.6 is 0 Å². The molecule has 2 unspecified atom stereocenters. The molecule has 0 fully saturated rings. The van der Waals surface area contributed by atoms with Crippen molar-refractivity contribution in [1.29, 1.82) is 0 Å². The first kappa shape index (κ1) is 29.5. The van der Waals surface area contributed by atoms with Crippen molar-refractivity contribution in [3.63, 3.8) is 0 Å². The summed E-state index contributed by atoms with van der Waals surface area (Å²) in [5, 5.41) is 0. The molecular weight excluding hydrogens is 625 g/mol. The van der Waals surface area contributed by atoms with Gasteiger partial charge in [-0.3, -0.25) is 15.0 Å². The van der Waals surface area contributed by atoms with Crippen molar-refractivity contribution in [2.75, 3.05) is 0 Å². The molecule has 242 valence electrons. The monoisotopic (exact) mass is 656 g/mol. The largest absolute Gasteiger partial charge is 0.457 e. The molecule has 10 rings (SSSR count). The van der Waals surface area contributed by atoms with Crippen LogP contribution in [0.1, 0.15) is 41.3 Å². The summed E-state index contributed by atoms with van der Waals surface area (Å²) < 4.78 is 6.75. The second-order valence-electron chi connectivity index (χ2n) is 13.7. The zero-order valence-electron chi connectivity index (χ0n) is 28.0. The van der Waals surface area contributed by atoms with Gasteiger partial charge in [0.25, 0.3) is 0 Å². The average molecular weight is 657 g/mol. The normalized spacial score (nSPS) is 19.5. The Hall–Kier alpha value is -6.46. The summed E-state index contributed by atoms with van der Waals surface area (Å²) in [6, 6.07) is 48.3. The summed E-state index contributed by atoms with van der Waals surface area (Å²) in [7, 11) is 0. The molecule has 4 aromatic heterocycles. The zero-order valence-corrected chi connectivity index (χ0v) is 28.0. The number of pyridine rings is 4. The number of aromatic nitrogens is 4. The average Bonchev–Trinajstić information content (AvgIpc) is 3.48. The van der Waals surface area contributed by atoms with Crippen LogP contribution in [-0.4, -0.2) is 19.9 Å². The summed E-state index contributed by atoms with van der Waals surface area (Å²) >= 11 is 0. The minimum absolute atomic E-state index is 0.373. The predicted octanol–water partition coefficient (Wildman–Crippen LogP) is 10.4. The number of allylic oxidation sites excluding steroid dienone is 4. The molecule has 2 aliphatic carbocycles. The molecule has 1 aliphatic heterocycles. The van der Waals surface area contributed by atoms with Gasteiger partial charge in [0, 0.05) is 34.5 Å². The molecule has 51 heavy (non-hydrogen) atoms. The van der Waals surface area contributed by atoms with E-state index in [-0.39, 0.29) is 5.41 Å². The minimum atomic E-state index is -0.588. The molecule has 0 N–H and O–H groups in total. The summed E-state index contributed by atoms with van der Waals surface area (Å²) in [4.78, 5) is 19.5. The molecule has 1 spiro atoms. The van der Waals surface area contributed by atoms with Gasteiger partial charge >= 0.3 is 0 Å². The molecule has 5 heteroatoms. The Morgan fingerprint density at radius 2 is 1.20 bits per heavy atom. The number of hydrogen-bond donors (Lipinski definition) is 0. The van der Waals surface area contributed by atoms with E-state index in [0.717, 1.165) is 68.8 Å². The molecule has 0 bridgehead atoms. The van der Waals surface area contributed by atoms with Gasteiger partial charge in [-0.1, -0.05) is 85.8 Å². The Kier molecular flexibility index (Phi) is 6.52. The lowest BCUT2D eigenvalue weighted by molar-refractivity contribution is 0.425. The van der Waals surface area contributed by atoms with Gasteiger partial charge in [-0.05, 0) is 101 Å². The molecule has 5 heterocycles. The van der Waals surface area contributed by atoms with Crippen molar-refractivity contribution in [2.24, 2.45) is 0 Å². The Labute approximate surface area is 296 Å². The highest BCUT2D eigenvalue weighted by Gasteiger charge is 2.54. The van der Waals surface area contributed by atoms with Crippen molar-refractivity contribution in [2.45, 2.75) is 24.2 Å². The van der Waals surface area contributed by atoms with Gasteiger partial charge in [-0.25, -0.2) is 4.98 Å². The first-order chi connectivity index (χ1) is 25.1. The third kappa shape index (κ3) is 4.48. The van der Waals surface area contributed by atoms with E-state index in [0.29, 0.717) is 0 Å². The van der Waals surface area contributed by atoms with Crippen LogP contribution in [0, 0.1) is 0 Å². The Morgan fingerprint density at radius 1 is 0.549 bits per heavy atom. The lowest BCUT2D eigenvalue weighted by atomic mass is 9.61. The minimum Gasteiger partial charge on any atom is -0.457 e. The quantitative estimate of drug-likeness (QED) is 0.189. The second-order valence-corrected chi connectivity index (χ2v) is 13.7. The van der Waals surface area contributed by atoms with Crippen molar-refractivity contribution in [3.05, 3.63) is 198 Å². The van der Waals surface area contributed by atoms with Crippen LogP contribution in [-0.2, 0) is 10.8 Å². The number of benzene rings is 3. The van der Waals surface area contributed by atoms with Crippen LogP contribution in [0.2, 0.25) is 0 Å². The molecule has 5 nitrogen and oxygen atoms in total. The van der Waals surface area contributed by atoms with Gasteiger partial charge in [-0.15, -0.1) is 0 Å². The van der Waals surface area contributed by atoms with E-state index in [1.165, 1.54) is 22.3 Å². The van der Waals surface area contributed by atoms with Crippen molar-refractivity contribution in [1.82, 2.24) is 19.9 Å². The first-order valence-electron chi connectivity index (χ1n) is 17.3. The Bertz CT molecular complexity index is 2560. The SMILES string of the molecule is CC1(c2cccc(-c3ccccn3)n2)C=CC2=C(C1)C1(c3ccccc3Oc3ccc(-c4cccc(-c5ccccn5)n4)cc31)c1ccccc12. The van der Waals surface area contributed by atoms with E-state index >= 15 is 0 Å². The first-order valence-corrected chi connectivity index (χ1v) is 17.3. The van der Waals surface area contributed by atoms with Gasteiger partial charge in [-0.2, -0.15) is 0 Å². The molecule has 0 saturated carbocycles. The van der Waals surface area contributed by atoms with Crippen LogP contribution in [0.15, 0.2) is 170 Å². The van der Waals surface area contributed by atoms with Gasteiger partial charge in [0.15, 0.2) is 0 Å².